The summed E-state index contributed by atoms with van der Waals surface area (Å²) in [6, 6.07) is 11.0. The number of amides is 1. The number of carbonyl (C=O) groups excluding carboxylic acids is 1. The molecule has 4 heteroatoms. The third-order valence-corrected chi connectivity index (χ3v) is 2.89. The number of aliphatic hydroxyl groups is 1. The summed E-state index contributed by atoms with van der Waals surface area (Å²) >= 11 is 0. The molecular formula is C17H17NO3. The van der Waals surface area contributed by atoms with Crippen molar-refractivity contribution in [2.75, 3.05) is 13.7 Å². The normalized spacial score (nSPS) is 9.81. The largest absolute Gasteiger partial charge is 0.459 e. The van der Waals surface area contributed by atoms with Gasteiger partial charge in [0, 0.05) is 25.6 Å². The van der Waals surface area contributed by atoms with Crippen LogP contribution in [-0.2, 0) is 6.54 Å². The first-order valence-corrected chi connectivity index (χ1v) is 6.68. The molecule has 0 radical (unpaired) electrons. The lowest BCUT2D eigenvalue weighted by atomic mass is 10.1. The summed E-state index contributed by atoms with van der Waals surface area (Å²) < 4.78 is 5.11. The van der Waals surface area contributed by atoms with Crippen LogP contribution in [0.25, 0.3) is 0 Å². The average molecular weight is 283 g/mol. The third-order valence-electron chi connectivity index (χ3n) is 2.89. The molecule has 1 aromatic heterocycles. The van der Waals surface area contributed by atoms with Crippen molar-refractivity contribution in [3.05, 3.63) is 59.5 Å². The van der Waals surface area contributed by atoms with Gasteiger partial charge >= 0.3 is 0 Å². The summed E-state index contributed by atoms with van der Waals surface area (Å²) in [5.74, 6) is 6.04. The van der Waals surface area contributed by atoms with Crippen LogP contribution in [0.4, 0.5) is 0 Å². The first-order chi connectivity index (χ1) is 10.2. The Morgan fingerprint density at radius 3 is 2.90 bits per heavy atom. The highest BCUT2D eigenvalue weighted by Gasteiger charge is 2.14. The fraction of sp³-hybridized carbons (Fsp3) is 0.235. The first-order valence-electron chi connectivity index (χ1n) is 6.68. The van der Waals surface area contributed by atoms with Gasteiger partial charge in [-0.25, -0.2) is 0 Å². The number of rotatable bonds is 4. The maximum atomic E-state index is 12.1. The number of hydrogen-bond donors (Lipinski definition) is 1. The predicted octanol–water partition coefficient (Wildman–Crippen LogP) is 2.29. The van der Waals surface area contributed by atoms with E-state index in [1.807, 2.05) is 24.3 Å². The van der Waals surface area contributed by atoms with E-state index >= 15 is 0 Å². The second-order valence-electron chi connectivity index (χ2n) is 4.61. The van der Waals surface area contributed by atoms with Crippen LogP contribution in [0.5, 0.6) is 0 Å². The van der Waals surface area contributed by atoms with E-state index in [0.29, 0.717) is 18.7 Å². The van der Waals surface area contributed by atoms with Gasteiger partial charge in [-0.1, -0.05) is 24.0 Å². The zero-order chi connectivity index (χ0) is 15.1. The highest BCUT2D eigenvalue weighted by Crippen LogP contribution is 2.10. The Labute approximate surface area is 124 Å². The topological polar surface area (TPSA) is 53.7 Å². The lowest BCUT2D eigenvalue weighted by Gasteiger charge is -2.15. The molecule has 1 heterocycles. The van der Waals surface area contributed by atoms with Gasteiger partial charge in [0.1, 0.15) is 0 Å². The highest BCUT2D eigenvalue weighted by molar-refractivity contribution is 5.91. The van der Waals surface area contributed by atoms with E-state index in [1.54, 1.807) is 24.1 Å². The molecule has 0 unspecified atom stereocenters. The molecule has 0 aliphatic carbocycles. The van der Waals surface area contributed by atoms with Crippen LogP contribution in [0.1, 0.15) is 28.1 Å². The van der Waals surface area contributed by atoms with Crippen LogP contribution in [-0.4, -0.2) is 29.6 Å². The van der Waals surface area contributed by atoms with Gasteiger partial charge in [0.2, 0.25) is 0 Å². The van der Waals surface area contributed by atoms with E-state index in [9.17, 15) is 4.79 Å². The number of nitrogens with zero attached hydrogens (tertiary/aromatic N) is 1. The average Bonchev–Trinajstić information content (AvgIpc) is 3.01. The highest BCUT2D eigenvalue weighted by atomic mass is 16.3. The lowest BCUT2D eigenvalue weighted by Crippen LogP contribution is -2.25. The zero-order valence-electron chi connectivity index (χ0n) is 11.9. The number of furan rings is 1. The number of benzene rings is 1. The smallest absolute Gasteiger partial charge is 0.289 e. The maximum absolute atomic E-state index is 12.1. The monoisotopic (exact) mass is 283 g/mol. The number of hydrogen-bond acceptors (Lipinski definition) is 3. The van der Waals surface area contributed by atoms with Gasteiger partial charge in [-0.15, -0.1) is 0 Å². The fourth-order valence-electron chi connectivity index (χ4n) is 1.90. The van der Waals surface area contributed by atoms with Gasteiger partial charge in [0.25, 0.3) is 5.91 Å². The molecule has 1 amide bonds. The summed E-state index contributed by atoms with van der Waals surface area (Å²) in [5.41, 5.74) is 1.87. The lowest BCUT2D eigenvalue weighted by molar-refractivity contribution is 0.0753. The van der Waals surface area contributed by atoms with Crippen LogP contribution in [0, 0.1) is 11.8 Å². The van der Waals surface area contributed by atoms with Crippen molar-refractivity contribution in [3.63, 3.8) is 0 Å². The summed E-state index contributed by atoms with van der Waals surface area (Å²) in [5, 5.41) is 8.71. The molecule has 0 bridgehead atoms. The molecule has 108 valence electrons. The minimum Gasteiger partial charge on any atom is -0.459 e. The molecule has 1 aromatic carbocycles. The van der Waals surface area contributed by atoms with E-state index in [2.05, 4.69) is 11.8 Å². The quantitative estimate of drug-likeness (QED) is 0.876. The van der Waals surface area contributed by atoms with Crippen molar-refractivity contribution >= 4 is 5.91 Å². The van der Waals surface area contributed by atoms with Crippen LogP contribution >= 0.6 is 0 Å². The standard InChI is InChI=1S/C17H17NO3/c1-18(17(20)16-9-5-11-21-16)13-15-8-4-7-14(12-15)6-2-3-10-19/h4-5,7-9,11-12,19H,3,10,13H2,1H3. The molecule has 1 N–H and O–H groups in total. The molecule has 0 atom stereocenters. The molecule has 0 saturated carbocycles. The number of carbonyl (C=O) groups is 1. The van der Waals surface area contributed by atoms with E-state index in [4.69, 9.17) is 9.52 Å². The van der Waals surface area contributed by atoms with Crippen molar-refractivity contribution in [1.82, 2.24) is 4.90 Å². The minimum absolute atomic E-state index is 0.0626. The molecule has 0 aliphatic heterocycles. The molecular weight excluding hydrogens is 266 g/mol. The molecule has 0 spiro atoms. The van der Waals surface area contributed by atoms with E-state index in [-0.39, 0.29) is 12.5 Å². The van der Waals surface area contributed by atoms with Crippen LogP contribution in [0.15, 0.2) is 47.1 Å². The van der Waals surface area contributed by atoms with Gasteiger partial charge < -0.3 is 14.4 Å². The van der Waals surface area contributed by atoms with Crippen molar-refractivity contribution in [1.29, 1.82) is 0 Å². The minimum atomic E-state index is -0.156. The van der Waals surface area contributed by atoms with Crippen LogP contribution in [0.3, 0.4) is 0 Å². The molecule has 21 heavy (non-hydrogen) atoms. The summed E-state index contributed by atoms with van der Waals surface area (Å²) in [7, 11) is 1.73. The molecule has 2 rings (SSSR count). The Bertz CT molecular complexity index is 650. The van der Waals surface area contributed by atoms with Crippen molar-refractivity contribution < 1.29 is 14.3 Å². The van der Waals surface area contributed by atoms with Gasteiger partial charge in [0.15, 0.2) is 5.76 Å². The summed E-state index contributed by atoms with van der Waals surface area (Å²) in [6.45, 7) is 0.544. The van der Waals surface area contributed by atoms with E-state index in [0.717, 1.165) is 11.1 Å². The van der Waals surface area contributed by atoms with Crippen LogP contribution in [0.2, 0.25) is 0 Å². The first kappa shape index (κ1) is 14.9. The second kappa shape index (κ2) is 7.32. The van der Waals surface area contributed by atoms with Crippen molar-refractivity contribution in [3.8, 4) is 11.8 Å². The second-order valence-corrected chi connectivity index (χ2v) is 4.61. The Kier molecular flexibility index (Phi) is 5.19. The molecule has 0 fully saturated rings. The summed E-state index contributed by atoms with van der Waals surface area (Å²) in [4.78, 5) is 13.7. The fourth-order valence-corrected chi connectivity index (χ4v) is 1.90. The van der Waals surface area contributed by atoms with Crippen LogP contribution < -0.4 is 0 Å². The molecule has 2 aromatic rings. The number of aliphatic hydroxyl groups excluding tert-OH is 1. The Balaban J connectivity index is 2.04. The molecule has 0 saturated heterocycles. The Morgan fingerprint density at radius 2 is 2.19 bits per heavy atom. The SMILES string of the molecule is CN(Cc1cccc(C#CCCO)c1)C(=O)c1ccco1. The predicted molar refractivity (Wildman–Crippen MR) is 79.5 cm³/mol. The van der Waals surface area contributed by atoms with Gasteiger partial charge in [0.05, 0.1) is 12.9 Å². The third kappa shape index (κ3) is 4.23. The maximum Gasteiger partial charge on any atom is 0.289 e. The van der Waals surface area contributed by atoms with Gasteiger partial charge in [-0.05, 0) is 29.8 Å². The van der Waals surface area contributed by atoms with E-state index in [1.165, 1.54) is 6.26 Å². The van der Waals surface area contributed by atoms with Gasteiger partial charge in [-0.2, -0.15) is 0 Å². The Hall–Kier alpha value is -2.51. The molecule has 4 nitrogen and oxygen atoms in total. The summed E-state index contributed by atoms with van der Waals surface area (Å²) in [6.07, 6.45) is 1.94. The van der Waals surface area contributed by atoms with Crippen molar-refractivity contribution in [2.24, 2.45) is 0 Å². The van der Waals surface area contributed by atoms with E-state index < -0.39 is 0 Å². The zero-order valence-corrected chi connectivity index (χ0v) is 11.9. The van der Waals surface area contributed by atoms with Crippen molar-refractivity contribution in [2.45, 2.75) is 13.0 Å². The van der Waals surface area contributed by atoms with Gasteiger partial charge in [-0.3, -0.25) is 4.79 Å². The molecule has 0 aliphatic rings. The Morgan fingerprint density at radius 1 is 1.33 bits per heavy atom.